The van der Waals surface area contributed by atoms with E-state index in [1.165, 1.54) is 17.4 Å². The number of carbonyl (C=O) groups is 2. The second-order valence-electron chi connectivity index (χ2n) is 4.48. The van der Waals surface area contributed by atoms with Gasteiger partial charge in [0.25, 0.3) is 0 Å². The molecule has 6 heteroatoms. The van der Waals surface area contributed by atoms with E-state index >= 15 is 0 Å². The summed E-state index contributed by atoms with van der Waals surface area (Å²) < 4.78 is 5.39. The zero-order valence-corrected chi connectivity index (χ0v) is 12.1. The number of nitrogens with one attached hydrogen (secondary N) is 1. The number of anilines is 1. The molecule has 0 atom stereocenters. The zero-order chi connectivity index (χ0) is 15.5. The first-order valence-electron chi connectivity index (χ1n) is 6.39. The lowest BCUT2D eigenvalue weighted by atomic mass is 10.1. The van der Waals surface area contributed by atoms with Crippen LogP contribution < -0.4 is 10.4 Å². The number of aliphatic carboxylic acids is 1. The van der Waals surface area contributed by atoms with E-state index in [1.54, 1.807) is 30.3 Å². The Hall–Kier alpha value is -2.86. The Balaban J connectivity index is 1.92. The Morgan fingerprint density at radius 1 is 1.23 bits per heavy atom. The summed E-state index contributed by atoms with van der Waals surface area (Å²) in [4.78, 5) is 23.4. The van der Waals surface area contributed by atoms with Gasteiger partial charge in [0.2, 0.25) is 11.7 Å². The molecule has 0 amide bonds. The average Bonchev–Trinajstić information content (AvgIpc) is 3.09. The van der Waals surface area contributed by atoms with Crippen molar-refractivity contribution in [3.63, 3.8) is 0 Å². The van der Waals surface area contributed by atoms with E-state index in [4.69, 9.17) is 4.74 Å². The summed E-state index contributed by atoms with van der Waals surface area (Å²) in [6.07, 6.45) is 1.50. The third-order valence-electron chi connectivity index (χ3n) is 2.97. The van der Waals surface area contributed by atoms with Gasteiger partial charge in [0.05, 0.1) is 5.97 Å². The predicted molar refractivity (Wildman–Crippen MR) is 80.5 cm³/mol. The predicted octanol–water partition coefficient (Wildman–Crippen LogP) is 1.76. The average molecular weight is 312 g/mol. The Labute approximate surface area is 130 Å². The molecule has 0 aliphatic carbocycles. The first-order chi connectivity index (χ1) is 10.6. The van der Waals surface area contributed by atoms with Gasteiger partial charge in [0.15, 0.2) is 5.76 Å². The van der Waals surface area contributed by atoms with Gasteiger partial charge in [0, 0.05) is 5.69 Å². The van der Waals surface area contributed by atoms with Gasteiger partial charge < -0.3 is 20.0 Å². The highest BCUT2D eigenvalue weighted by Gasteiger charge is 2.31. The monoisotopic (exact) mass is 312 g/mol. The zero-order valence-electron chi connectivity index (χ0n) is 11.2. The van der Waals surface area contributed by atoms with Gasteiger partial charge in [-0.2, -0.15) is 11.3 Å². The molecule has 5 nitrogen and oxygen atoms in total. The minimum absolute atomic E-state index is 0.0453. The quantitative estimate of drug-likeness (QED) is 0.687. The van der Waals surface area contributed by atoms with Crippen LogP contribution in [0.5, 0.6) is 0 Å². The van der Waals surface area contributed by atoms with E-state index in [2.05, 4.69) is 5.32 Å². The van der Waals surface area contributed by atoms with Crippen LogP contribution in [0.1, 0.15) is 5.56 Å². The molecule has 0 fully saturated rings. The van der Waals surface area contributed by atoms with Crippen molar-refractivity contribution < 1.29 is 19.4 Å². The van der Waals surface area contributed by atoms with Crippen molar-refractivity contribution in [2.45, 2.75) is 0 Å². The van der Waals surface area contributed by atoms with E-state index in [0.717, 1.165) is 5.56 Å². The van der Waals surface area contributed by atoms with Crippen LogP contribution in [0.3, 0.4) is 0 Å². The van der Waals surface area contributed by atoms with Gasteiger partial charge in [0.1, 0.15) is 5.57 Å². The number of ketones is 1. The molecule has 0 bridgehead atoms. The van der Waals surface area contributed by atoms with Crippen molar-refractivity contribution in [2.24, 2.45) is 0 Å². The van der Waals surface area contributed by atoms with Crippen LogP contribution in [0.2, 0.25) is 0 Å². The number of Topliss-reactive ketones (excluding diaryl/α,β-unsaturated/α-hetero) is 1. The minimum atomic E-state index is -1.57. The number of para-hydroxylation sites is 1. The van der Waals surface area contributed by atoms with Gasteiger partial charge in [-0.25, -0.2) is 0 Å². The number of carboxylic acid groups (broad SMARTS) is 1. The summed E-state index contributed by atoms with van der Waals surface area (Å²) in [6.45, 7) is 0. The number of thiophene rings is 1. The van der Waals surface area contributed by atoms with E-state index in [0.29, 0.717) is 5.69 Å². The number of rotatable bonds is 4. The molecule has 2 heterocycles. The fourth-order valence-corrected chi connectivity index (χ4v) is 2.58. The van der Waals surface area contributed by atoms with Crippen LogP contribution in [0.15, 0.2) is 64.4 Å². The largest absolute Gasteiger partial charge is 0.544 e. The topological polar surface area (TPSA) is 78.5 Å². The highest BCUT2D eigenvalue weighted by Crippen LogP contribution is 2.27. The van der Waals surface area contributed by atoms with Gasteiger partial charge >= 0.3 is 0 Å². The molecule has 0 saturated heterocycles. The number of allylic oxidation sites excluding steroid dienone is 1. The van der Waals surface area contributed by atoms with E-state index < -0.39 is 17.3 Å². The normalized spacial score (nSPS) is 16.0. The SMILES string of the molecule is O=C([O-])C1=C(Nc2ccccc2)O/C(=C\c2ccsc2)C1=O. The van der Waals surface area contributed by atoms with E-state index in [9.17, 15) is 14.7 Å². The highest BCUT2D eigenvalue weighted by atomic mass is 32.1. The third-order valence-corrected chi connectivity index (χ3v) is 3.67. The smallest absolute Gasteiger partial charge is 0.235 e. The molecule has 0 saturated carbocycles. The molecule has 1 aliphatic rings. The number of carbonyl (C=O) groups excluding carboxylic acids is 2. The molecule has 2 aromatic rings. The van der Waals surface area contributed by atoms with Gasteiger partial charge in [-0.3, -0.25) is 4.79 Å². The summed E-state index contributed by atoms with van der Waals surface area (Å²) in [7, 11) is 0. The Morgan fingerprint density at radius 3 is 2.64 bits per heavy atom. The Morgan fingerprint density at radius 2 is 2.00 bits per heavy atom. The number of benzene rings is 1. The molecular formula is C16H10NO4S-. The molecule has 1 N–H and O–H groups in total. The molecule has 110 valence electrons. The molecular weight excluding hydrogens is 302 g/mol. The van der Waals surface area contributed by atoms with Crippen molar-refractivity contribution in [1.29, 1.82) is 0 Å². The van der Waals surface area contributed by atoms with Crippen LogP contribution in [-0.2, 0) is 14.3 Å². The highest BCUT2D eigenvalue weighted by molar-refractivity contribution is 7.08. The lowest BCUT2D eigenvalue weighted by molar-refractivity contribution is -0.298. The van der Waals surface area contributed by atoms with Crippen LogP contribution in [0.25, 0.3) is 6.08 Å². The second-order valence-corrected chi connectivity index (χ2v) is 5.26. The number of hydrogen-bond donors (Lipinski definition) is 1. The molecule has 0 radical (unpaired) electrons. The summed E-state index contributed by atoms with van der Waals surface area (Å²) in [5, 5.41) is 17.7. The van der Waals surface area contributed by atoms with Crippen LogP contribution in [0.4, 0.5) is 5.69 Å². The Kier molecular flexibility index (Phi) is 3.76. The summed E-state index contributed by atoms with van der Waals surface area (Å²) in [5.74, 6) is -2.45. The lowest BCUT2D eigenvalue weighted by Gasteiger charge is -2.08. The van der Waals surface area contributed by atoms with Gasteiger partial charge in [-0.1, -0.05) is 18.2 Å². The van der Waals surface area contributed by atoms with Gasteiger partial charge in [-0.05, 0) is 40.6 Å². The maximum atomic E-state index is 12.2. The molecule has 1 aliphatic heterocycles. The number of ether oxygens (including phenoxy) is 1. The molecule has 1 aromatic heterocycles. The molecule has 0 spiro atoms. The first-order valence-corrected chi connectivity index (χ1v) is 7.33. The van der Waals surface area contributed by atoms with Crippen LogP contribution >= 0.6 is 11.3 Å². The number of carboxylic acids is 1. The molecule has 3 rings (SSSR count). The maximum absolute atomic E-state index is 12.2. The van der Waals surface area contributed by atoms with Crippen molar-refractivity contribution in [3.05, 3.63) is 69.9 Å². The lowest BCUT2D eigenvalue weighted by Crippen LogP contribution is -2.28. The fourth-order valence-electron chi connectivity index (χ4n) is 1.96. The van der Waals surface area contributed by atoms with Crippen LogP contribution in [0, 0.1) is 0 Å². The van der Waals surface area contributed by atoms with Crippen molar-refractivity contribution in [3.8, 4) is 0 Å². The van der Waals surface area contributed by atoms with E-state index in [1.807, 2.05) is 16.8 Å². The number of hydrogen-bond acceptors (Lipinski definition) is 6. The van der Waals surface area contributed by atoms with Crippen molar-refractivity contribution in [2.75, 3.05) is 5.32 Å². The standard InChI is InChI=1S/C16H11NO4S/c18-14-12(8-10-6-7-22-9-10)21-15(13(14)16(19)20)17-11-4-2-1-3-5-11/h1-9,17H,(H,19,20)/p-1/b12-8-. The third kappa shape index (κ3) is 2.77. The van der Waals surface area contributed by atoms with Gasteiger partial charge in [-0.15, -0.1) is 0 Å². The summed E-state index contributed by atoms with van der Waals surface area (Å²) in [5.41, 5.74) is 0.873. The van der Waals surface area contributed by atoms with E-state index in [-0.39, 0.29) is 11.6 Å². The summed E-state index contributed by atoms with van der Waals surface area (Å²) >= 11 is 1.47. The molecule has 0 unspecified atom stereocenters. The Bertz CT molecular complexity index is 776. The fraction of sp³-hybridized carbons (Fsp3) is 0. The maximum Gasteiger partial charge on any atom is 0.235 e. The van der Waals surface area contributed by atoms with Crippen LogP contribution in [-0.4, -0.2) is 11.8 Å². The first kappa shape index (κ1) is 14.1. The van der Waals surface area contributed by atoms with Crippen molar-refractivity contribution in [1.82, 2.24) is 0 Å². The van der Waals surface area contributed by atoms with Crippen molar-refractivity contribution >= 4 is 34.9 Å². The molecule has 1 aromatic carbocycles. The molecule has 22 heavy (non-hydrogen) atoms. The second kappa shape index (κ2) is 5.87. The minimum Gasteiger partial charge on any atom is -0.544 e. The summed E-state index contributed by atoms with van der Waals surface area (Å²) in [6, 6.07) is 10.6.